The van der Waals surface area contributed by atoms with Gasteiger partial charge in [-0.25, -0.2) is 0 Å². The molecule has 2 N–H and O–H groups in total. The van der Waals surface area contributed by atoms with Crippen LogP contribution in [0, 0.1) is 0 Å². The molecule has 0 aliphatic rings. The molecule has 84 valence electrons. The van der Waals surface area contributed by atoms with E-state index in [0.717, 1.165) is 25.9 Å². The number of rotatable bonds is 7. The van der Waals surface area contributed by atoms with E-state index >= 15 is 0 Å². The van der Waals surface area contributed by atoms with Gasteiger partial charge < -0.3 is 10.6 Å². The smallest absolute Gasteiger partial charge is 0.236 e. The van der Waals surface area contributed by atoms with Gasteiger partial charge in [0.05, 0.1) is 6.54 Å². The molecule has 0 aliphatic carbocycles. The Labute approximate surface area is 87.0 Å². The zero-order chi connectivity index (χ0) is 11.0. The largest absolute Gasteiger partial charge is 0.345 e. The summed E-state index contributed by atoms with van der Waals surface area (Å²) in [4.78, 5) is 15.4. The van der Waals surface area contributed by atoms with Gasteiger partial charge in [0.1, 0.15) is 0 Å². The van der Waals surface area contributed by atoms with Crippen molar-refractivity contribution in [2.45, 2.75) is 19.8 Å². The Bertz CT molecular complexity index is 161. The summed E-state index contributed by atoms with van der Waals surface area (Å²) < 4.78 is 0. The fourth-order valence-electron chi connectivity index (χ4n) is 1.27. The number of nitrogens with two attached hydrogens (primary N) is 1. The number of carbonyl (C=O) groups excluding carboxylic acids is 1. The van der Waals surface area contributed by atoms with Crippen LogP contribution in [0.5, 0.6) is 0 Å². The van der Waals surface area contributed by atoms with Crippen molar-refractivity contribution >= 4 is 5.91 Å². The number of likely N-dealkylation sites (N-methyl/N-ethyl adjacent to an activating group) is 2. The van der Waals surface area contributed by atoms with E-state index in [-0.39, 0.29) is 5.91 Å². The molecule has 0 radical (unpaired) electrons. The van der Waals surface area contributed by atoms with Crippen molar-refractivity contribution in [1.82, 2.24) is 9.80 Å². The average molecular weight is 201 g/mol. The summed E-state index contributed by atoms with van der Waals surface area (Å²) in [6, 6.07) is 0. The van der Waals surface area contributed by atoms with Crippen molar-refractivity contribution in [2.75, 3.05) is 40.3 Å². The second-order valence-electron chi connectivity index (χ2n) is 3.70. The first-order chi connectivity index (χ1) is 6.61. The number of carbonyl (C=O) groups is 1. The van der Waals surface area contributed by atoms with Gasteiger partial charge in [-0.15, -0.1) is 0 Å². The fraction of sp³-hybridized carbons (Fsp3) is 0.900. The molecular formula is C10H23N3O. The standard InChI is InChI=1S/C10H23N3O/c1-4-7-12(2)9-10(14)13(3)8-5-6-11/h4-9,11H2,1-3H3. The predicted octanol–water partition coefficient (Wildman–Crippen LogP) is 0.135. The molecule has 0 atom stereocenters. The molecule has 0 aliphatic heterocycles. The van der Waals surface area contributed by atoms with Gasteiger partial charge in [0.25, 0.3) is 0 Å². The van der Waals surface area contributed by atoms with E-state index in [1.807, 2.05) is 19.0 Å². The van der Waals surface area contributed by atoms with Crippen LogP contribution >= 0.6 is 0 Å². The molecule has 0 unspecified atom stereocenters. The second kappa shape index (κ2) is 7.76. The summed E-state index contributed by atoms with van der Waals surface area (Å²) >= 11 is 0. The van der Waals surface area contributed by atoms with Crippen LogP contribution in [-0.2, 0) is 4.79 Å². The zero-order valence-corrected chi connectivity index (χ0v) is 9.62. The van der Waals surface area contributed by atoms with Crippen molar-refractivity contribution in [3.8, 4) is 0 Å². The number of amides is 1. The topological polar surface area (TPSA) is 49.6 Å². The monoisotopic (exact) mass is 201 g/mol. The van der Waals surface area contributed by atoms with Gasteiger partial charge in [-0.1, -0.05) is 6.92 Å². The lowest BCUT2D eigenvalue weighted by Gasteiger charge is -2.21. The van der Waals surface area contributed by atoms with E-state index in [0.29, 0.717) is 13.1 Å². The van der Waals surface area contributed by atoms with Gasteiger partial charge in [0.15, 0.2) is 0 Å². The van der Waals surface area contributed by atoms with E-state index in [1.165, 1.54) is 0 Å². The molecule has 0 saturated carbocycles. The molecular weight excluding hydrogens is 178 g/mol. The second-order valence-corrected chi connectivity index (χ2v) is 3.70. The molecule has 14 heavy (non-hydrogen) atoms. The Balaban J connectivity index is 3.71. The summed E-state index contributed by atoms with van der Waals surface area (Å²) in [5.74, 6) is 0.175. The minimum Gasteiger partial charge on any atom is -0.345 e. The Morgan fingerprint density at radius 2 is 1.93 bits per heavy atom. The normalized spacial score (nSPS) is 10.6. The highest BCUT2D eigenvalue weighted by molar-refractivity contribution is 5.77. The van der Waals surface area contributed by atoms with Crippen LogP contribution in [0.2, 0.25) is 0 Å². The lowest BCUT2D eigenvalue weighted by molar-refractivity contribution is -0.130. The van der Waals surface area contributed by atoms with Crippen LogP contribution in [0.4, 0.5) is 0 Å². The molecule has 0 aromatic rings. The molecule has 0 heterocycles. The van der Waals surface area contributed by atoms with Gasteiger partial charge in [-0.05, 0) is 33.0 Å². The van der Waals surface area contributed by atoms with Crippen molar-refractivity contribution < 1.29 is 4.79 Å². The number of hydrogen-bond acceptors (Lipinski definition) is 3. The Hall–Kier alpha value is -0.610. The molecule has 4 heteroatoms. The number of nitrogens with zero attached hydrogens (tertiary/aromatic N) is 2. The third kappa shape index (κ3) is 5.94. The molecule has 4 nitrogen and oxygen atoms in total. The van der Waals surface area contributed by atoms with E-state index < -0.39 is 0 Å². The molecule has 0 rings (SSSR count). The fourth-order valence-corrected chi connectivity index (χ4v) is 1.27. The minimum atomic E-state index is 0.175. The van der Waals surface area contributed by atoms with E-state index in [1.54, 1.807) is 4.90 Å². The highest BCUT2D eigenvalue weighted by Gasteiger charge is 2.09. The van der Waals surface area contributed by atoms with Crippen LogP contribution in [-0.4, -0.2) is 56.0 Å². The average Bonchev–Trinajstić information content (AvgIpc) is 2.14. The van der Waals surface area contributed by atoms with E-state index in [2.05, 4.69) is 6.92 Å². The summed E-state index contributed by atoms with van der Waals surface area (Å²) in [7, 11) is 3.80. The molecule has 0 saturated heterocycles. The van der Waals surface area contributed by atoms with Crippen molar-refractivity contribution in [2.24, 2.45) is 5.73 Å². The molecule has 0 fully saturated rings. The molecule has 1 amide bonds. The first-order valence-electron chi connectivity index (χ1n) is 5.24. The maximum Gasteiger partial charge on any atom is 0.236 e. The van der Waals surface area contributed by atoms with Crippen LogP contribution in [0.3, 0.4) is 0 Å². The van der Waals surface area contributed by atoms with Crippen LogP contribution in [0.1, 0.15) is 19.8 Å². The molecule has 0 aromatic carbocycles. The maximum absolute atomic E-state index is 11.6. The molecule has 0 bridgehead atoms. The number of hydrogen-bond donors (Lipinski definition) is 1. The van der Waals surface area contributed by atoms with Crippen molar-refractivity contribution in [1.29, 1.82) is 0 Å². The van der Waals surface area contributed by atoms with Crippen LogP contribution in [0.25, 0.3) is 0 Å². The van der Waals surface area contributed by atoms with Gasteiger partial charge in [-0.2, -0.15) is 0 Å². The summed E-state index contributed by atoms with van der Waals surface area (Å²) in [5, 5.41) is 0. The third-order valence-corrected chi connectivity index (χ3v) is 2.13. The minimum absolute atomic E-state index is 0.175. The summed E-state index contributed by atoms with van der Waals surface area (Å²) in [6.45, 7) is 4.99. The molecule has 0 aromatic heterocycles. The summed E-state index contributed by atoms with van der Waals surface area (Å²) in [6.07, 6.45) is 1.95. The highest BCUT2D eigenvalue weighted by Crippen LogP contribution is 1.92. The van der Waals surface area contributed by atoms with Gasteiger partial charge in [0, 0.05) is 13.6 Å². The van der Waals surface area contributed by atoms with Gasteiger partial charge >= 0.3 is 0 Å². The predicted molar refractivity (Wildman–Crippen MR) is 59.1 cm³/mol. The van der Waals surface area contributed by atoms with Crippen molar-refractivity contribution in [3.63, 3.8) is 0 Å². The maximum atomic E-state index is 11.6. The first kappa shape index (κ1) is 13.4. The van der Waals surface area contributed by atoms with E-state index in [4.69, 9.17) is 5.73 Å². The van der Waals surface area contributed by atoms with E-state index in [9.17, 15) is 4.79 Å². The summed E-state index contributed by atoms with van der Waals surface area (Å²) in [5.41, 5.74) is 5.38. The quantitative estimate of drug-likeness (QED) is 0.637. The SMILES string of the molecule is CCCN(C)CC(=O)N(C)CCCN. The Morgan fingerprint density at radius 1 is 1.29 bits per heavy atom. The molecule has 0 spiro atoms. The first-order valence-corrected chi connectivity index (χ1v) is 5.24. The van der Waals surface area contributed by atoms with Crippen molar-refractivity contribution in [3.05, 3.63) is 0 Å². The van der Waals surface area contributed by atoms with Gasteiger partial charge in [-0.3, -0.25) is 9.69 Å². The highest BCUT2D eigenvalue weighted by atomic mass is 16.2. The van der Waals surface area contributed by atoms with Gasteiger partial charge in [0.2, 0.25) is 5.91 Å². The Morgan fingerprint density at radius 3 is 2.43 bits per heavy atom. The lowest BCUT2D eigenvalue weighted by Crippen LogP contribution is -2.37. The third-order valence-electron chi connectivity index (χ3n) is 2.13. The lowest BCUT2D eigenvalue weighted by atomic mass is 10.3. The van der Waals surface area contributed by atoms with Crippen LogP contribution < -0.4 is 5.73 Å². The zero-order valence-electron chi connectivity index (χ0n) is 9.62. The van der Waals surface area contributed by atoms with Crippen LogP contribution in [0.15, 0.2) is 0 Å². The Kier molecular flexibility index (Phi) is 7.42.